The van der Waals surface area contributed by atoms with Gasteiger partial charge in [-0.3, -0.25) is 0 Å². The molecule has 1 rings (SSSR count). The van der Waals surface area contributed by atoms with Crippen molar-refractivity contribution in [1.29, 1.82) is 0 Å². The molecule has 0 amide bonds. The SMILES string of the molecule is C=[C]c1cccc(OC(C)C)c1Cl. The largest absolute Gasteiger partial charge is 0.489 e. The van der Waals surface area contributed by atoms with Gasteiger partial charge in [0.2, 0.25) is 0 Å². The molecule has 13 heavy (non-hydrogen) atoms. The molecule has 0 unspecified atom stereocenters. The normalized spacial score (nSPS) is 10.2. The fourth-order valence-corrected chi connectivity index (χ4v) is 1.23. The van der Waals surface area contributed by atoms with Crippen LogP contribution < -0.4 is 4.74 Å². The Morgan fingerprint density at radius 2 is 2.15 bits per heavy atom. The monoisotopic (exact) mass is 195 g/mol. The van der Waals surface area contributed by atoms with Crippen LogP contribution >= 0.6 is 11.6 Å². The number of hydrogen-bond acceptors (Lipinski definition) is 1. The summed E-state index contributed by atoms with van der Waals surface area (Å²) in [7, 11) is 0. The van der Waals surface area contributed by atoms with Crippen LogP contribution in [0.25, 0.3) is 0 Å². The van der Waals surface area contributed by atoms with Crippen LogP contribution in [0.15, 0.2) is 24.8 Å². The van der Waals surface area contributed by atoms with E-state index in [-0.39, 0.29) is 6.10 Å². The maximum atomic E-state index is 6.03. The molecule has 1 radical (unpaired) electrons. The van der Waals surface area contributed by atoms with Crippen LogP contribution in [0.2, 0.25) is 5.02 Å². The van der Waals surface area contributed by atoms with E-state index in [1.54, 1.807) is 0 Å². The van der Waals surface area contributed by atoms with Crippen LogP contribution in [-0.4, -0.2) is 6.10 Å². The molecule has 0 aliphatic rings. The molecule has 0 bridgehead atoms. The van der Waals surface area contributed by atoms with Gasteiger partial charge in [0.15, 0.2) is 0 Å². The van der Waals surface area contributed by atoms with Crippen molar-refractivity contribution in [1.82, 2.24) is 0 Å². The average Bonchev–Trinajstić information content (AvgIpc) is 2.08. The van der Waals surface area contributed by atoms with Crippen LogP contribution in [0.3, 0.4) is 0 Å². The smallest absolute Gasteiger partial charge is 0.138 e. The van der Waals surface area contributed by atoms with Crippen molar-refractivity contribution in [2.24, 2.45) is 0 Å². The number of hydrogen-bond donors (Lipinski definition) is 0. The molecular formula is C11H12ClO. The summed E-state index contributed by atoms with van der Waals surface area (Å²) in [5, 5.41) is 0.575. The van der Waals surface area contributed by atoms with Gasteiger partial charge in [-0.05, 0) is 26.0 Å². The topological polar surface area (TPSA) is 9.23 Å². The number of benzene rings is 1. The first kappa shape index (κ1) is 10.1. The van der Waals surface area contributed by atoms with Gasteiger partial charge in [0.1, 0.15) is 5.75 Å². The lowest BCUT2D eigenvalue weighted by atomic mass is 10.2. The molecule has 0 heterocycles. The molecular weight excluding hydrogens is 184 g/mol. The Kier molecular flexibility index (Phi) is 3.38. The lowest BCUT2D eigenvalue weighted by Gasteiger charge is -2.11. The van der Waals surface area contributed by atoms with Crippen molar-refractivity contribution in [2.75, 3.05) is 0 Å². The number of rotatable bonds is 3. The van der Waals surface area contributed by atoms with Crippen LogP contribution in [0.1, 0.15) is 19.4 Å². The summed E-state index contributed by atoms with van der Waals surface area (Å²) in [6.07, 6.45) is 2.87. The van der Waals surface area contributed by atoms with Gasteiger partial charge in [-0.2, -0.15) is 0 Å². The first-order valence-corrected chi connectivity index (χ1v) is 4.51. The second-order valence-electron chi connectivity index (χ2n) is 2.96. The van der Waals surface area contributed by atoms with Gasteiger partial charge in [0.25, 0.3) is 0 Å². The molecule has 1 aromatic rings. The minimum absolute atomic E-state index is 0.123. The van der Waals surface area contributed by atoms with Crippen molar-refractivity contribution < 1.29 is 4.74 Å². The molecule has 0 aromatic heterocycles. The minimum Gasteiger partial charge on any atom is -0.489 e. The summed E-state index contributed by atoms with van der Waals surface area (Å²) < 4.78 is 5.49. The lowest BCUT2D eigenvalue weighted by Crippen LogP contribution is -2.06. The Morgan fingerprint density at radius 1 is 1.46 bits per heavy atom. The van der Waals surface area contributed by atoms with Crippen molar-refractivity contribution in [3.63, 3.8) is 0 Å². The van der Waals surface area contributed by atoms with Crippen molar-refractivity contribution in [3.8, 4) is 5.75 Å². The van der Waals surface area contributed by atoms with Gasteiger partial charge in [-0.15, -0.1) is 0 Å². The zero-order chi connectivity index (χ0) is 9.84. The van der Waals surface area contributed by atoms with Gasteiger partial charge in [0, 0.05) is 5.56 Å². The van der Waals surface area contributed by atoms with Crippen molar-refractivity contribution >= 4 is 11.6 Å². The second-order valence-corrected chi connectivity index (χ2v) is 3.34. The second kappa shape index (κ2) is 4.33. The van der Waals surface area contributed by atoms with Crippen molar-refractivity contribution in [2.45, 2.75) is 20.0 Å². The first-order chi connectivity index (χ1) is 6.15. The molecule has 0 aliphatic heterocycles. The Hall–Kier alpha value is -0.950. The van der Waals surface area contributed by atoms with Gasteiger partial charge in [0.05, 0.1) is 11.1 Å². The van der Waals surface area contributed by atoms with E-state index < -0.39 is 0 Å². The highest BCUT2D eigenvalue weighted by atomic mass is 35.5. The quantitative estimate of drug-likeness (QED) is 0.718. The molecule has 2 heteroatoms. The molecule has 1 nitrogen and oxygen atoms in total. The highest BCUT2D eigenvalue weighted by molar-refractivity contribution is 6.33. The lowest BCUT2D eigenvalue weighted by molar-refractivity contribution is 0.242. The average molecular weight is 196 g/mol. The molecule has 0 saturated heterocycles. The van der Waals surface area contributed by atoms with E-state index in [1.807, 2.05) is 32.0 Å². The third kappa shape index (κ3) is 2.49. The Bertz CT molecular complexity index is 305. The van der Waals surface area contributed by atoms with E-state index >= 15 is 0 Å². The maximum Gasteiger partial charge on any atom is 0.138 e. The summed E-state index contributed by atoms with van der Waals surface area (Å²) >= 11 is 6.03. The fourth-order valence-electron chi connectivity index (χ4n) is 0.992. The Balaban J connectivity index is 3.01. The summed E-state index contributed by atoms with van der Waals surface area (Å²) in [4.78, 5) is 0. The molecule has 0 fully saturated rings. The van der Waals surface area contributed by atoms with E-state index in [4.69, 9.17) is 16.3 Å². The van der Waals surface area contributed by atoms with E-state index in [0.29, 0.717) is 10.8 Å². The zero-order valence-electron chi connectivity index (χ0n) is 7.80. The summed E-state index contributed by atoms with van der Waals surface area (Å²) in [6, 6.07) is 5.56. The third-order valence-electron chi connectivity index (χ3n) is 1.52. The van der Waals surface area contributed by atoms with Crippen molar-refractivity contribution in [3.05, 3.63) is 41.4 Å². The molecule has 69 valence electrons. The van der Waals surface area contributed by atoms with Gasteiger partial charge in [-0.1, -0.05) is 30.3 Å². The molecule has 1 aromatic carbocycles. The van der Waals surface area contributed by atoms with Crippen LogP contribution in [-0.2, 0) is 0 Å². The maximum absolute atomic E-state index is 6.03. The Morgan fingerprint density at radius 3 is 2.69 bits per heavy atom. The third-order valence-corrected chi connectivity index (χ3v) is 1.91. The predicted molar refractivity (Wildman–Crippen MR) is 55.2 cm³/mol. The van der Waals surface area contributed by atoms with Gasteiger partial charge in [-0.25, -0.2) is 0 Å². The molecule has 0 aliphatic carbocycles. The first-order valence-electron chi connectivity index (χ1n) is 4.13. The Labute approximate surface area is 84.0 Å². The summed E-state index contributed by atoms with van der Waals surface area (Å²) in [5.41, 5.74) is 0.778. The van der Waals surface area contributed by atoms with E-state index in [2.05, 4.69) is 12.7 Å². The predicted octanol–water partition coefficient (Wildman–Crippen LogP) is 3.46. The molecule has 0 N–H and O–H groups in total. The molecule has 0 atom stereocenters. The minimum atomic E-state index is 0.123. The van der Waals surface area contributed by atoms with Gasteiger partial charge < -0.3 is 4.74 Å². The van der Waals surface area contributed by atoms with Crippen LogP contribution in [0, 0.1) is 6.08 Å². The summed E-state index contributed by atoms with van der Waals surface area (Å²) in [6.45, 7) is 7.46. The van der Waals surface area contributed by atoms with Crippen LogP contribution in [0.4, 0.5) is 0 Å². The highest BCUT2D eigenvalue weighted by Gasteiger charge is 2.05. The molecule has 0 spiro atoms. The van der Waals surface area contributed by atoms with E-state index in [1.165, 1.54) is 0 Å². The van der Waals surface area contributed by atoms with E-state index in [9.17, 15) is 0 Å². The van der Waals surface area contributed by atoms with E-state index in [0.717, 1.165) is 5.56 Å². The number of ether oxygens (including phenoxy) is 1. The fraction of sp³-hybridized carbons (Fsp3) is 0.273. The molecule has 0 saturated carbocycles. The highest BCUT2D eigenvalue weighted by Crippen LogP contribution is 2.28. The summed E-state index contributed by atoms with van der Waals surface area (Å²) in [5.74, 6) is 0.685. The number of halogens is 1. The zero-order valence-corrected chi connectivity index (χ0v) is 8.56. The van der Waals surface area contributed by atoms with Crippen LogP contribution in [0.5, 0.6) is 5.75 Å². The standard InChI is InChI=1S/C11H12ClO/c1-4-9-6-5-7-10(11(9)12)13-8(2)3/h5-8H,1H2,2-3H3. The van der Waals surface area contributed by atoms with Gasteiger partial charge >= 0.3 is 0 Å².